The Morgan fingerprint density at radius 1 is 1.18 bits per heavy atom. The smallest absolute Gasteiger partial charge is 0.254 e. The molecule has 0 radical (unpaired) electrons. The fraction of sp³-hybridized carbons (Fsp3) is 0.333. The highest BCUT2D eigenvalue weighted by Gasteiger charge is 2.24. The van der Waals surface area contributed by atoms with Crippen molar-refractivity contribution < 1.29 is 14.3 Å². The minimum absolute atomic E-state index is 0.123. The summed E-state index contributed by atoms with van der Waals surface area (Å²) in [6, 6.07) is 12.3. The maximum atomic E-state index is 13.0. The van der Waals surface area contributed by atoms with Crippen LogP contribution in [-0.4, -0.2) is 36.0 Å². The highest BCUT2D eigenvalue weighted by molar-refractivity contribution is 6.42. The average Bonchev–Trinajstić information content (AvgIpc) is 3.23. The highest BCUT2D eigenvalue weighted by atomic mass is 35.5. The van der Waals surface area contributed by atoms with Crippen molar-refractivity contribution in [2.75, 3.05) is 18.5 Å². The van der Waals surface area contributed by atoms with E-state index >= 15 is 0 Å². The van der Waals surface area contributed by atoms with Gasteiger partial charge in [-0.15, -0.1) is 0 Å². The van der Waals surface area contributed by atoms with Crippen molar-refractivity contribution in [1.82, 2.24) is 4.90 Å². The van der Waals surface area contributed by atoms with E-state index in [1.807, 2.05) is 13.0 Å². The van der Waals surface area contributed by atoms with Gasteiger partial charge in [-0.3, -0.25) is 9.59 Å². The van der Waals surface area contributed by atoms with E-state index < -0.39 is 6.10 Å². The lowest BCUT2D eigenvalue weighted by Gasteiger charge is -2.22. The number of carbonyl (C=O) groups is 2. The van der Waals surface area contributed by atoms with Crippen molar-refractivity contribution in [3.8, 4) is 0 Å². The lowest BCUT2D eigenvalue weighted by atomic mass is 10.1. The van der Waals surface area contributed by atoms with E-state index in [2.05, 4.69) is 5.32 Å². The number of rotatable bonds is 6. The Balaban J connectivity index is 1.70. The first kappa shape index (κ1) is 20.6. The molecule has 1 aliphatic heterocycles. The van der Waals surface area contributed by atoms with Gasteiger partial charge in [-0.1, -0.05) is 35.3 Å². The summed E-state index contributed by atoms with van der Waals surface area (Å²) in [5.41, 5.74) is 1.98. The fourth-order valence-corrected chi connectivity index (χ4v) is 3.43. The third kappa shape index (κ3) is 5.04. The second-order valence-electron chi connectivity index (χ2n) is 6.64. The molecule has 2 aromatic carbocycles. The summed E-state index contributed by atoms with van der Waals surface area (Å²) in [4.78, 5) is 26.9. The Morgan fingerprint density at radius 3 is 2.68 bits per heavy atom. The molecule has 1 saturated heterocycles. The molecule has 1 unspecified atom stereocenters. The zero-order valence-electron chi connectivity index (χ0n) is 15.6. The number of ether oxygens (including phenoxy) is 1. The van der Waals surface area contributed by atoms with Gasteiger partial charge in [0.2, 0.25) is 0 Å². The maximum absolute atomic E-state index is 13.0. The first-order valence-corrected chi connectivity index (χ1v) is 9.99. The van der Waals surface area contributed by atoms with Gasteiger partial charge in [0.1, 0.15) is 6.10 Å². The molecule has 1 N–H and O–H groups in total. The number of benzene rings is 2. The van der Waals surface area contributed by atoms with E-state index in [1.165, 1.54) is 0 Å². The van der Waals surface area contributed by atoms with E-state index in [-0.39, 0.29) is 11.8 Å². The van der Waals surface area contributed by atoms with Gasteiger partial charge in [0, 0.05) is 30.9 Å². The number of hydrogen-bond donors (Lipinski definition) is 1. The number of hydrogen-bond acceptors (Lipinski definition) is 3. The SMILES string of the molecule is CCN(Cc1ccc(Cl)c(Cl)c1)C(=O)c1cccc(NC(=O)C2CCCO2)c1. The van der Waals surface area contributed by atoms with Gasteiger partial charge in [0.15, 0.2) is 0 Å². The zero-order chi connectivity index (χ0) is 20.1. The van der Waals surface area contributed by atoms with Gasteiger partial charge in [-0.05, 0) is 55.7 Å². The van der Waals surface area contributed by atoms with Crippen molar-refractivity contribution in [3.05, 3.63) is 63.6 Å². The van der Waals surface area contributed by atoms with Crippen LogP contribution in [0.5, 0.6) is 0 Å². The molecule has 5 nitrogen and oxygen atoms in total. The first-order chi connectivity index (χ1) is 13.5. The molecule has 1 heterocycles. The quantitative estimate of drug-likeness (QED) is 0.731. The fourth-order valence-electron chi connectivity index (χ4n) is 3.11. The second-order valence-corrected chi connectivity index (χ2v) is 7.45. The third-order valence-corrected chi connectivity index (χ3v) is 5.36. The maximum Gasteiger partial charge on any atom is 0.254 e. The average molecular weight is 421 g/mol. The molecule has 1 aliphatic rings. The van der Waals surface area contributed by atoms with Crippen LogP contribution in [0.4, 0.5) is 5.69 Å². The van der Waals surface area contributed by atoms with Gasteiger partial charge >= 0.3 is 0 Å². The number of nitrogens with one attached hydrogen (secondary N) is 1. The predicted octanol–water partition coefficient (Wildman–Crippen LogP) is 4.77. The van der Waals surface area contributed by atoms with E-state index in [9.17, 15) is 9.59 Å². The molecular weight excluding hydrogens is 399 g/mol. The Bertz CT molecular complexity index is 866. The Morgan fingerprint density at radius 2 is 2.00 bits per heavy atom. The molecular formula is C21H22Cl2N2O3. The summed E-state index contributed by atoms with van der Waals surface area (Å²) in [6.07, 6.45) is 1.19. The highest BCUT2D eigenvalue weighted by Crippen LogP contribution is 2.24. The molecule has 0 aliphatic carbocycles. The minimum Gasteiger partial charge on any atom is -0.368 e. The number of nitrogens with zero attached hydrogens (tertiary/aromatic N) is 1. The van der Waals surface area contributed by atoms with Crippen LogP contribution in [0.3, 0.4) is 0 Å². The van der Waals surface area contributed by atoms with Gasteiger partial charge in [0.25, 0.3) is 11.8 Å². The van der Waals surface area contributed by atoms with Crippen LogP contribution >= 0.6 is 23.2 Å². The number of amides is 2. The number of carbonyl (C=O) groups excluding carboxylic acids is 2. The van der Waals surface area contributed by atoms with Gasteiger partial charge in [-0.2, -0.15) is 0 Å². The molecule has 2 amide bonds. The molecule has 28 heavy (non-hydrogen) atoms. The zero-order valence-corrected chi connectivity index (χ0v) is 17.1. The van der Waals surface area contributed by atoms with Crippen LogP contribution in [0.25, 0.3) is 0 Å². The second kappa shape index (κ2) is 9.41. The molecule has 3 rings (SSSR count). The molecule has 7 heteroatoms. The van der Waals surface area contributed by atoms with E-state index in [1.54, 1.807) is 41.3 Å². The topological polar surface area (TPSA) is 58.6 Å². The van der Waals surface area contributed by atoms with E-state index in [0.717, 1.165) is 18.4 Å². The summed E-state index contributed by atoms with van der Waals surface area (Å²) in [5.74, 6) is -0.299. The van der Waals surface area contributed by atoms with Crippen molar-refractivity contribution in [1.29, 1.82) is 0 Å². The Kier molecular flexibility index (Phi) is 6.94. The van der Waals surface area contributed by atoms with Crippen LogP contribution in [0, 0.1) is 0 Å². The molecule has 1 atom stereocenters. The van der Waals surface area contributed by atoms with Crippen molar-refractivity contribution in [3.63, 3.8) is 0 Å². The van der Waals surface area contributed by atoms with Crippen molar-refractivity contribution >= 4 is 40.7 Å². The molecule has 1 fully saturated rings. The standard InChI is InChI=1S/C21H22Cl2N2O3/c1-2-25(13-14-8-9-17(22)18(23)11-14)21(27)15-5-3-6-16(12-15)24-20(26)19-7-4-10-28-19/h3,5-6,8-9,11-12,19H,2,4,7,10,13H2,1H3,(H,24,26). The van der Waals surface area contributed by atoms with Crippen LogP contribution in [-0.2, 0) is 16.1 Å². The van der Waals surface area contributed by atoms with Gasteiger partial charge < -0.3 is 15.0 Å². The molecule has 148 valence electrons. The van der Waals surface area contributed by atoms with E-state index in [0.29, 0.717) is 41.0 Å². The monoisotopic (exact) mass is 420 g/mol. The summed E-state index contributed by atoms with van der Waals surface area (Å²) in [6.45, 7) is 3.47. The van der Waals surface area contributed by atoms with Crippen LogP contribution < -0.4 is 5.32 Å². The van der Waals surface area contributed by atoms with Crippen molar-refractivity contribution in [2.45, 2.75) is 32.4 Å². The summed E-state index contributed by atoms with van der Waals surface area (Å²) >= 11 is 12.0. The summed E-state index contributed by atoms with van der Waals surface area (Å²) < 4.78 is 5.40. The normalized spacial score (nSPS) is 16.0. The Hall–Kier alpha value is -2.08. The Labute approximate surface area is 174 Å². The molecule has 0 aromatic heterocycles. The summed E-state index contributed by atoms with van der Waals surface area (Å²) in [5, 5.41) is 3.77. The van der Waals surface area contributed by atoms with Gasteiger partial charge in [0.05, 0.1) is 10.0 Å². The van der Waals surface area contributed by atoms with Crippen LogP contribution in [0.2, 0.25) is 10.0 Å². The predicted molar refractivity (Wildman–Crippen MR) is 111 cm³/mol. The minimum atomic E-state index is -0.416. The molecule has 0 saturated carbocycles. The summed E-state index contributed by atoms with van der Waals surface area (Å²) in [7, 11) is 0. The largest absolute Gasteiger partial charge is 0.368 e. The molecule has 0 bridgehead atoms. The first-order valence-electron chi connectivity index (χ1n) is 9.23. The lowest BCUT2D eigenvalue weighted by molar-refractivity contribution is -0.124. The lowest BCUT2D eigenvalue weighted by Crippen LogP contribution is -2.30. The number of halogens is 2. The van der Waals surface area contributed by atoms with Crippen LogP contribution in [0.1, 0.15) is 35.7 Å². The van der Waals surface area contributed by atoms with Crippen LogP contribution in [0.15, 0.2) is 42.5 Å². The number of anilines is 1. The molecule has 2 aromatic rings. The van der Waals surface area contributed by atoms with Crippen molar-refractivity contribution in [2.24, 2.45) is 0 Å². The van der Waals surface area contributed by atoms with E-state index in [4.69, 9.17) is 27.9 Å². The third-order valence-electron chi connectivity index (χ3n) is 4.63. The molecule has 0 spiro atoms. The van der Waals surface area contributed by atoms with Gasteiger partial charge in [-0.25, -0.2) is 0 Å².